The minimum atomic E-state index is -0.677. The zero-order valence-electron chi connectivity index (χ0n) is 13.5. The van der Waals surface area contributed by atoms with Crippen LogP contribution in [0, 0.1) is 10.1 Å². The van der Waals surface area contributed by atoms with Crippen LogP contribution < -0.4 is 5.43 Å². The maximum Gasteiger partial charge on any atom is 0.428 e. The van der Waals surface area contributed by atoms with Gasteiger partial charge in [0.2, 0.25) is 0 Å². The Morgan fingerprint density at radius 2 is 2.08 bits per heavy atom. The monoisotopic (exact) mass is 331 g/mol. The van der Waals surface area contributed by atoms with Gasteiger partial charge in [0.05, 0.1) is 11.1 Å². The molecule has 0 aliphatic heterocycles. The number of nitro benzene ring substituents is 1. The van der Waals surface area contributed by atoms with Gasteiger partial charge in [-0.15, -0.1) is 0 Å². The normalized spacial score (nSPS) is 11.5. The lowest BCUT2D eigenvalue weighted by atomic mass is 10.1. The molecule has 8 nitrogen and oxygen atoms in total. The molecule has 8 heteroatoms. The van der Waals surface area contributed by atoms with Gasteiger partial charge in [-0.05, 0) is 32.9 Å². The number of nitrogens with zero attached hydrogens (tertiary/aromatic N) is 2. The molecule has 0 unspecified atom stereocenters. The molecule has 0 fully saturated rings. The number of furan rings is 1. The SMILES string of the molecule is CC(C)(C)OC(=O)N/N=C\c1ccc(-c2cccc([N+](=O)[O-])c2)o1. The van der Waals surface area contributed by atoms with Crippen molar-refractivity contribution in [1.29, 1.82) is 0 Å². The van der Waals surface area contributed by atoms with Crippen LogP contribution in [0.5, 0.6) is 0 Å². The molecule has 1 aromatic heterocycles. The van der Waals surface area contributed by atoms with Crippen molar-refractivity contribution < 1.29 is 18.9 Å². The lowest BCUT2D eigenvalue weighted by Crippen LogP contribution is -2.29. The Bertz CT molecular complexity index is 774. The van der Waals surface area contributed by atoms with E-state index in [2.05, 4.69) is 10.5 Å². The molecule has 0 bridgehead atoms. The van der Waals surface area contributed by atoms with E-state index in [0.29, 0.717) is 17.1 Å². The van der Waals surface area contributed by atoms with Gasteiger partial charge in [-0.3, -0.25) is 10.1 Å². The second-order valence-corrected chi connectivity index (χ2v) is 5.88. The number of hydrogen-bond acceptors (Lipinski definition) is 6. The fraction of sp³-hybridized carbons (Fsp3) is 0.250. The average Bonchev–Trinajstić information content (AvgIpc) is 2.94. The molecular formula is C16H17N3O5. The third-order valence-electron chi connectivity index (χ3n) is 2.71. The fourth-order valence-corrected chi connectivity index (χ4v) is 1.80. The van der Waals surface area contributed by atoms with E-state index in [9.17, 15) is 14.9 Å². The van der Waals surface area contributed by atoms with Crippen molar-refractivity contribution in [3.8, 4) is 11.3 Å². The Morgan fingerprint density at radius 3 is 2.75 bits per heavy atom. The summed E-state index contributed by atoms with van der Waals surface area (Å²) in [5.41, 5.74) is 2.16. The molecule has 0 aliphatic rings. The molecule has 2 rings (SSSR count). The van der Waals surface area contributed by atoms with E-state index in [0.717, 1.165) is 0 Å². The van der Waals surface area contributed by atoms with E-state index in [4.69, 9.17) is 9.15 Å². The molecule has 24 heavy (non-hydrogen) atoms. The molecule has 0 radical (unpaired) electrons. The summed E-state index contributed by atoms with van der Waals surface area (Å²) in [6.07, 6.45) is 0.634. The number of ether oxygens (including phenoxy) is 1. The summed E-state index contributed by atoms with van der Waals surface area (Å²) < 4.78 is 10.6. The van der Waals surface area contributed by atoms with Crippen molar-refractivity contribution in [3.05, 3.63) is 52.3 Å². The van der Waals surface area contributed by atoms with Crippen LogP contribution in [0.1, 0.15) is 26.5 Å². The van der Waals surface area contributed by atoms with Gasteiger partial charge in [0.1, 0.15) is 17.1 Å². The maximum absolute atomic E-state index is 11.4. The summed E-state index contributed by atoms with van der Waals surface area (Å²) in [7, 11) is 0. The van der Waals surface area contributed by atoms with Crippen molar-refractivity contribution in [2.75, 3.05) is 0 Å². The summed E-state index contributed by atoms with van der Waals surface area (Å²) >= 11 is 0. The smallest absolute Gasteiger partial charge is 0.428 e. The number of nitro groups is 1. The molecular weight excluding hydrogens is 314 g/mol. The first-order valence-corrected chi connectivity index (χ1v) is 7.11. The van der Waals surface area contributed by atoms with E-state index in [1.54, 1.807) is 45.0 Å². The minimum absolute atomic E-state index is 0.0225. The van der Waals surface area contributed by atoms with Crippen molar-refractivity contribution in [2.24, 2.45) is 5.10 Å². The summed E-state index contributed by atoms with van der Waals surface area (Å²) in [6.45, 7) is 5.23. The molecule has 1 N–H and O–H groups in total. The van der Waals surface area contributed by atoms with E-state index in [1.807, 2.05) is 0 Å². The quantitative estimate of drug-likeness (QED) is 0.522. The van der Waals surface area contributed by atoms with Gasteiger partial charge in [-0.1, -0.05) is 12.1 Å². The van der Waals surface area contributed by atoms with Crippen molar-refractivity contribution in [1.82, 2.24) is 5.43 Å². The van der Waals surface area contributed by atoms with Crippen LogP contribution in [-0.4, -0.2) is 22.8 Å². The Morgan fingerprint density at radius 1 is 1.33 bits per heavy atom. The van der Waals surface area contributed by atoms with Gasteiger partial charge in [-0.2, -0.15) is 5.10 Å². The van der Waals surface area contributed by atoms with Gasteiger partial charge >= 0.3 is 6.09 Å². The number of rotatable bonds is 4. The zero-order valence-corrected chi connectivity index (χ0v) is 13.5. The first kappa shape index (κ1) is 17.2. The fourth-order valence-electron chi connectivity index (χ4n) is 1.80. The van der Waals surface area contributed by atoms with Gasteiger partial charge < -0.3 is 9.15 Å². The molecule has 0 saturated heterocycles. The number of hydrazone groups is 1. The zero-order chi connectivity index (χ0) is 17.7. The third kappa shape index (κ3) is 4.94. The Kier molecular flexibility index (Phi) is 4.98. The Hall–Kier alpha value is -3.16. The lowest BCUT2D eigenvalue weighted by Gasteiger charge is -2.18. The second kappa shape index (κ2) is 6.95. The van der Waals surface area contributed by atoms with Crippen LogP contribution in [0.15, 0.2) is 45.9 Å². The predicted molar refractivity (Wildman–Crippen MR) is 87.8 cm³/mol. The highest BCUT2D eigenvalue weighted by Crippen LogP contribution is 2.25. The topological polar surface area (TPSA) is 107 Å². The summed E-state index contributed by atoms with van der Waals surface area (Å²) in [5.74, 6) is 0.838. The molecule has 0 spiro atoms. The van der Waals surface area contributed by atoms with Gasteiger partial charge in [0.25, 0.3) is 5.69 Å². The molecule has 126 valence electrons. The molecule has 1 amide bonds. The summed E-state index contributed by atoms with van der Waals surface area (Å²) in [6, 6.07) is 9.39. The molecule has 2 aromatic rings. The standard InChI is InChI=1S/C16H17N3O5/c1-16(2,3)24-15(20)18-17-10-13-7-8-14(23-13)11-5-4-6-12(9-11)19(21)22/h4-10H,1-3H3,(H,18,20)/b17-10-. The highest BCUT2D eigenvalue weighted by molar-refractivity contribution is 5.79. The number of nitrogens with one attached hydrogen (secondary N) is 1. The van der Waals surface area contributed by atoms with Gasteiger partial charge in [0, 0.05) is 17.7 Å². The summed E-state index contributed by atoms with van der Waals surface area (Å²) in [5, 5.41) is 14.5. The van der Waals surface area contributed by atoms with Crippen LogP contribution in [0.2, 0.25) is 0 Å². The van der Waals surface area contributed by atoms with Crippen molar-refractivity contribution in [3.63, 3.8) is 0 Å². The van der Waals surface area contributed by atoms with Crippen LogP contribution in [0.4, 0.5) is 10.5 Å². The first-order valence-electron chi connectivity index (χ1n) is 7.11. The molecule has 1 aromatic carbocycles. The maximum atomic E-state index is 11.4. The molecule has 1 heterocycles. The third-order valence-corrected chi connectivity index (χ3v) is 2.71. The second-order valence-electron chi connectivity index (χ2n) is 5.88. The largest absolute Gasteiger partial charge is 0.455 e. The number of benzene rings is 1. The number of carbonyl (C=O) groups excluding carboxylic acids is 1. The van der Waals surface area contributed by atoms with Crippen molar-refractivity contribution in [2.45, 2.75) is 26.4 Å². The van der Waals surface area contributed by atoms with E-state index >= 15 is 0 Å². The Balaban J connectivity index is 2.03. The predicted octanol–water partition coefficient (Wildman–Crippen LogP) is 3.71. The minimum Gasteiger partial charge on any atom is -0.455 e. The van der Waals surface area contributed by atoms with Crippen molar-refractivity contribution >= 4 is 18.0 Å². The van der Waals surface area contributed by atoms with Crippen LogP contribution in [-0.2, 0) is 4.74 Å². The highest BCUT2D eigenvalue weighted by Gasteiger charge is 2.15. The van der Waals surface area contributed by atoms with E-state index < -0.39 is 16.6 Å². The number of hydrogen-bond donors (Lipinski definition) is 1. The number of amides is 1. The highest BCUT2D eigenvalue weighted by atomic mass is 16.6. The number of non-ortho nitro benzene ring substituents is 1. The Labute approximate surface area is 138 Å². The molecule has 0 aliphatic carbocycles. The number of carbonyl (C=O) groups is 1. The molecule has 0 atom stereocenters. The lowest BCUT2D eigenvalue weighted by molar-refractivity contribution is -0.384. The first-order chi connectivity index (χ1) is 11.2. The average molecular weight is 331 g/mol. The van der Waals surface area contributed by atoms with E-state index in [1.165, 1.54) is 18.3 Å². The van der Waals surface area contributed by atoms with Crippen LogP contribution >= 0.6 is 0 Å². The van der Waals surface area contributed by atoms with Gasteiger partial charge in [-0.25, -0.2) is 10.2 Å². The van der Waals surface area contributed by atoms with E-state index in [-0.39, 0.29) is 5.69 Å². The van der Waals surface area contributed by atoms with Crippen LogP contribution in [0.25, 0.3) is 11.3 Å². The molecule has 0 saturated carbocycles. The summed E-state index contributed by atoms with van der Waals surface area (Å²) in [4.78, 5) is 21.8. The van der Waals surface area contributed by atoms with Crippen LogP contribution in [0.3, 0.4) is 0 Å². The van der Waals surface area contributed by atoms with Gasteiger partial charge in [0.15, 0.2) is 0 Å².